The third-order valence-electron chi connectivity index (χ3n) is 4.63. The van der Waals surface area contributed by atoms with Crippen LogP contribution in [0.2, 0.25) is 0 Å². The Morgan fingerprint density at radius 2 is 2.32 bits per heavy atom. The average Bonchev–Trinajstić information content (AvgIpc) is 2.86. The van der Waals surface area contributed by atoms with Crippen molar-refractivity contribution >= 4 is 5.69 Å². The molecule has 0 amide bonds. The number of halogens is 1. The number of hydrogen-bond acceptors (Lipinski definition) is 3. The number of nitrogens with zero attached hydrogens (tertiary/aromatic N) is 1. The van der Waals surface area contributed by atoms with E-state index in [1.165, 1.54) is 25.5 Å². The van der Waals surface area contributed by atoms with Gasteiger partial charge in [0, 0.05) is 24.8 Å². The Bertz CT molecular complexity index is 451. The fraction of sp³-hybridized carbons (Fsp3) is 0.600. The molecule has 3 rings (SSSR count). The molecule has 0 spiro atoms. The molecule has 1 aromatic carbocycles. The summed E-state index contributed by atoms with van der Waals surface area (Å²) in [4.78, 5) is 2.57. The number of fused-ring (bicyclic) bond motifs is 1. The van der Waals surface area contributed by atoms with Crippen molar-refractivity contribution in [1.82, 2.24) is 4.90 Å². The molecule has 2 saturated heterocycles. The van der Waals surface area contributed by atoms with E-state index in [0.29, 0.717) is 12.6 Å². The van der Waals surface area contributed by atoms with Crippen LogP contribution in [0.15, 0.2) is 24.3 Å². The molecule has 0 aliphatic carbocycles. The van der Waals surface area contributed by atoms with Gasteiger partial charge < -0.3 is 16.0 Å². The van der Waals surface area contributed by atoms with Crippen molar-refractivity contribution in [3.05, 3.63) is 30.1 Å². The van der Waals surface area contributed by atoms with Crippen LogP contribution in [0.25, 0.3) is 0 Å². The van der Waals surface area contributed by atoms with Crippen LogP contribution in [-0.4, -0.2) is 36.1 Å². The molecule has 1 aromatic rings. The van der Waals surface area contributed by atoms with E-state index < -0.39 is 0 Å². The Kier molecular flexibility index (Phi) is 3.46. The van der Waals surface area contributed by atoms with Gasteiger partial charge in [0.2, 0.25) is 0 Å². The molecule has 0 bridgehead atoms. The van der Waals surface area contributed by atoms with E-state index in [2.05, 4.69) is 10.2 Å². The van der Waals surface area contributed by atoms with E-state index in [9.17, 15) is 4.39 Å². The maximum Gasteiger partial charge on any atom is 0.125 e. The number of piperidine rings is 1. The topological polar surface area (TPSA) is 41.3 Å². The van der Waals surface area contributed by atoms with E-state index in [1.54, 1.807) is 12.1 Å². The molecule has 4 heteroatoms. The molecule has 0 aromatic heterocycles. The summed E-state index contributed by atoms with van der Waals surface area (Å²) in [6.07, 6.45) is 4.67. The van der Waals surface area contributed by atoms with Crippen LogP contribution in [0.1, 0.15) is 25.7 Å². The van der Waals surface area contributed by atoms with Crippen molar-refractivity contribution in [3.63, 3.8) is 0 Å². The third kappa shape index (κ3) is 2.60. The quantitative estimate of drug-likeness (QED) is 0.878. The molecular formula is C15H22FN3. The summed E-state index contributed by atoms with van der Waals surface area (Å²) in [5.74, 6) is -0.199. The smallest absolute Gasteiger partial charge is 0.125 e. The third-order valence-corrected chi connectivity index (χ3v) is 4.63. The first-order valence-electron chi connectivity index (χ1n) is 7.19. The Labute approximate surface area is 114 Å². The second kappa shape index (κ2) is 5.10. The Morgan fingerprint density at radius 3 is 3.11 bits per heavy atom. The van der Waals surface area contributed by atoms with Crippen LogP contribution in [0.4, 0.5) is 10.1 Å². The lowest BCUT2D eigenvalue weighted by Gasteiger charge is -2.44. The van der Waals surface area contributed by atoms with E-state index in [-0.39, 0.29) is 11.4 Å². The summed E-state index contributed by atoms with van der Waals surface area (Å²) >= 11 is 0. The Morgan fingerprint density at radius 1 is 1.42 bits per heavy atom. The molecule has 0 radical (unpaired) electrons. The van der Waals surface area contributed by atoms with Crippen LogP contribution >= 0.6 is 0 Å². The highest BCUT2D eigenvalue weighted by atomic mass is 19.1. The molecule has 3 nitrogen and oxygen atoms in total. The molecule has 2 unspecified atom stereocenters. The highest BCUT2D eigenvalue weighted by Crippen LogP contribution is 2.34. The molecular weight excluding hydrogens is 241 g/mol. The predicted octanol–water partition coefficient (Wildman–Crippen LogP) is 2.19. The molecule has 2 heterocycles. The van der Waals surface area contributed by atoms with E-state index in [1.807, 2.05) is 6.07 Å². The maximum absolute atomic E-state index is 13.3. The minimum absolute atomic E-state index is 0.0701. The lowest BCUT2D eigenvalue weighted by atomic mass is 9.83. The number of rotatable bonds is 3. The van der Waals surface area contributed by atoms with Crippen molar-refractivity contribution < 1.29 is 4.39 Å². The van der Waals surface area contributed by atoms with Crippen LogP contribution < -0.4 is 11.1 Å². The van der Waals surface area contributed by atoms with Gasteiger partial charge in [0.1, 0.15) is 5.82 Å². The van der Waals surface area contributed by atoms with Crippen LogP contribution in [0.3, 0.4) is 0 Å². The zero-order valence-corrected chi connectivity index (χ0v) is 11.2. The van der Waals surface area contributed by atoms with Crippen LogP contribution in [0.5, 0.6) is 0 Å². The number of nitrogens with one attached hydrogen (secondary N) is 1. The van der Waals surface area contributed by atoms with E-state index in [0.717, 1.165) is 25.1 Å². The fourth-order valence-electron chi connectivity index (χ4n) is 3.55. The molecule has 104 valence electrons. The number of hydrogen-bond donors (Lipinski definition) is 2. The van der Waals surface area contributed by atoms with Crippen molar-refractivity contribution in [2.45, 2.75) is 37.3 Å². The van der Waals surface area contributed by atoms with E-state index >= 15 is 0 Å². The van der Waals surface area contributed by atoms with Gasteiger partial charge in [-0.05, 0) is 50.4 Å². The van der Waals surface area contributed by atoms with Gasteiger partial charge in [-0.2, -0.15) is 0 Å². The van der Waals surface area contributed by atoms with Crippen molar-refractivity contribution in [2.75, 3.05) is 25.0 Å². The summed E-state index contributed by atoms with van der Waals surface area (Å²) in [7, 11) is 0. The predicted molar refractivity (Wildman–Crippen MR) is 75.6 cm³/mol. The van der Waals surface area contributed by atoms with Gasteiger partial charge in [0.15, 0.2) is 0 Å². The lowest BCUT2D eigenvalue weighted by Crippen LogP contribution is -2.55. The lowest BCUT2D eigenvalue weighted by molar-refractivity contribution is 0.145. The van der Waals surface area contributed by atoms with Gasteiger partial charge in [0.25, 0.3) is 0 Å². The molecule has 2 aliphatic heterocycles. The minimum Gasteiger partial charge on any atom is -0.378 e. The first kappa shape index (κ1) is 12.9. The SMILES string of the molecule is NCC1(Nc2cccc(F)c2)CCN2CCCC2C1. The van der Waals surface area contributed by atoms with Crippen molar-refractivity contribution in [1.29, 1.82) is 0 Å². The molecule has 0 saturated carbocycles. The van der Waals surface area contributed by atoms with E-state index in [4.69, 9.17) is 5.73 Å². The fourth-order valence-corrected chi connectivity index (χ4v) is 3.55. The molecule has 2 atom stereocenters. The highest BCUT2D eigenvalue weighted by molar-refractivity contribution is 5.46. The van der Waals surface area contributed by atoms with Crippen LogP contribution in [0, 0.1) is 5.82 Å². The summed E-state index contributed by atoms with van der Waals surface area (Å²) in [6.45, 7) is 2.93. The Hall–Kier alpha value is -1.13. The minimum atomic E-state index is -0.199. The maximum atomic E-state index is 13.3. The molecule has 3 N–H and O–H groups in total. The molecule has 19 heavy (non-hydrogen) atoms. The van der Waals surface area contributed by atoms with Gasteiger partial charge in [-0.3, -0.25) is 0 Å². The summed E-state index contributed by atoms with van der Waals surface area (Å²) in [6, 6.07) is 7.34. The standard InChI is InChI=1S/C15H22FN3/c16-12-3-1-4-13(9-12)18-15(11-17)6-8-19-7-2-5-14(19)10-15/h1,3-4,9,14,18H,2,5-8,10-11,17H2. The van der Waals surface area contributed by atoms with Crippen molar-refractivity contribution in [2.24, 2.45) is 5.73 Å². The zero-order chi connectivity index (χ0) is 13.3. The molecule has 2 fully saturated rings. The summed E-state index contributed by atoms with van der Waals surface area (Å²) in [5.41, 5.74) is 6.81. The van der Waals surface area contributed by atoms with Gasteiger partial charge >= 0.3 is 0 Å². The van der Waals surface area contributed by atoms with Gasteiger partial charge in [-0.25, -0.2) is 4.39 Å². The average molecular weight is 263 g/mol. The zero-order valence-electron chi connectivity index (χ0n) is 11.2. The summed E-state index contributed by atoms with van der Waals surface area (Å²) < 4.78 is 13.3. The number of nitrogens with two attached hydrogens (primary N) is 1. The largest absolute Gasteiger partial charge is 0.378 e. The molecule has 2 aliphatic rings. The highest BCUT2D eigenvalue weighted by Gasteiger charge is 2.40. The van der Waals surface area contributed by atoms with Gasteiger partial charge in [0.05, 0.1) is 5.54 Å². The van der Waals surface area contributed by atoms with Gasteiger partial charge in [-0.15, -0.1) is 0 Å². The number of benzene rings is 1. The van der Waals surface area contributed by atoms with Crippen molar-refractivity contribution in [3.8, 4) is 0 Å². The second-order valence-corrected chi connectivity index (χ2v) is 5.91. The normalized spacial score (nSPS) is 31.2. The second-order valence-electron chi connectivity index (χ2n) is 5.91. The number of anilines is 1. The first-order chi connectivity index (χ1) is 9.21. The van der Waals surface area contributed by atoms with Gasteiger partial charge in [-0.1, -0.05) is 6.07 Å². The first-order valence-corrected chi connectivity index (χ1v) is 7.19. The Balaban J connectivity index is 1.76. The van der Waals surface area contributed by atoms with Crippen LogP contribution in [-0.2, 0) is 0 Å². The summed E-state index contributed by atoms with van der Waals surface area (Å²) in [5, 5.41) is 3.51. The monoisotopic (exact) mass is 263 g/mol.